The molecule has 1 aliphatic heterocycles. The van der Waals surface area contributed by atoms with Crippen molar-refractivity contribution in [2.45, 2.75) is 38.2 Å². The molecule has 1 saturated heterocycles. The zero-order valence-electron chi connectivity index (χ0n) is 14.8. The predicted molar refractivity (Wildman–Crippen MR) is 94.0 cm³/mol. The average Bonchev–Trinajstić information content (AvgIpc) is 3.32. The molecule has 2 aromatic heterocycles. The van der Waals surface area contributed by atoms with Gasteiger partial charge in [-0.2, -0.15) is 0 Å². The van der Waals surface area contributed by atoms with Gasteiger partial charge in [-0.25, -0.2) is 0 Å². The molecule has 3 rings (SSSR count). The fourth-order valence-corrected chi connectivity index (χ4v) is 3.21. The molecule has 2 unspecified atom stereocenters. The van der Waals surface area contributed by atoms with E-state index in [-0.39, 0.29) is 12.7 Å². The summed E-state index contributed by atoms with van der Waals surface area (Å²) in [7, 11) is 2.04. The fraction of sp³-hybridized carbons (Fsp3) is 0.579. The smallest absolute Gasteiger partial charge is 0.129 e. The minimum absolute atomic E-state index is 0.261. The second-order valence-corrected chi connectivity index (χ2v) is 6.69. The molecule has 0 spiro atoms. The van der Waals surface area contributed by atoms with Crippen LogP contribution in [0, 0.1) is 0 Å². The van der Waals surface area contributed by atoms with Gasteiger partial charge in [-0.3, -0.25) is 4.90 Å². The van der Waals surface area contributed by atoms with Gasteiger partial charge in [-0.05, 0) is 37.1 Å². The summed E-state index contributed by atoms with van der Waals surface area (Å²) in [5, 5.41) is 10.4. The van der Waals surface area contributed by atoms with Crippen LogP contribution in [0.2, 0.25) is 0 Å². The first-order valence-electron chi connectivity index (χ1n) is 8.93. The van der Waals surface area contributed by atoms with Crippen molar-refractivity contribution in [3.8, 4) is 0 Å². The molecule has 0 aliphatic carbocycles. The summed E-state index contributed by atoms with van der Waals surface area (Å²) in [6, 6.07) is 7.86. The molecule has 0 aromatic carbocycles. The fourth-order valence-electron chi connectivity index (χ4n) is 3.21. The number of aryl methyl sites for hydroxylation is 1. The first-order valence-corrected chi connectivity index (χ1v) is 8.93. The first-order chi connectivity index (χ1) is 12.2. The number of aliphatic hydroxyl groups is 1. The van der Waals surface area contributed by atoms with Gasteiger partial charge in [0.2, 0.25) is 0 Å². The van der Waals surface area contributed by atoms with E-state index in [1.807, 2.05) is 31.4 Å². The van der Waals surface area contributed by atoms with Crippen LogP contribution in [0.15, 0.2) is 41.1 Å². The normalized spacial score (nSPS) is 18.9. The molecule has 6 heteroatoms. The Hall–Kier alpha value is -1.60. The Balaban J connectivity index is 1.49. The molecule has 138 valence electrons. The molecule has 25 heavy (non-hydrogen) atoms. The summed E-state index contributed by atoms with van der Waals surface area (Å²) < 4.78 is 18.7. The zero-order valence-corrected chi connectivity index (χ0v) is 14.8. The van der Waals surface area contributed by atoms with Crippen LogP contribution in [-0.2, 0) is 29.7 Å². The number of furan rings is 1. The van der Waals surface area contributed by atoms with Gasteiger partial charge in [0.1, 0.15) is 12.4 Å². The lowest BCUT2D eigenvalue weighted by atomic mass is 10.2. The Kier molecular flexibility index (Phi) is 6.69. The summed E-state index contributed by atoms with van der Waals surface area (Å²) >= 11 is 0. The Morgan fingerprint density at radius 2 is 2.32 bits per heavy atom. The van der Waals surface area contributed by atoms with E-state index in [1.165, 1.54) is 5.69 Å². The van der Waals surface area contributed by atoms with Gasteiger partial charge in [-0.15, -0.1) is 0 Å². The highest BCUT2D eigenvalue weighted by Gasteiger charge is 2.22. The molecule has 1 N–H and O–H groups in total. The van der Waals surface area contributed by atoms with Crippen molar-refractivity contribution in [1.82, 2.24) is 9.47 Å². The summed E-state index contributed by atoms with van der Waals surface area (Å²) in [6.45, 7) is 3.70. The highest BCUT2D eigenvalue weighted by molar-refractivity contribution is 5.06. The maximum Gasteiger partial charge on any atom is 0.129 e. The monoisotopic (exact) mass is 348 g/mol. The number of ether oxygens (including phenoxy) is 2. The molecule has 6 nitrogen and oxygen atoms in total. The van der Waals surface area contributed by atoms with Crippen LogP contribution in [0.1, 0.15) is 24.3 Å². The van der Waals surface area contributed by atoms with Crippen molar-refractivity contribution < 1.29 is 19.0 Å². The minimum Gasteiger partial charge on any atom is -0.467 e. The van der Waals surface area contributed by atoms with Crippen LogP contribution < -0.4 is 0 Å². The summed E-state index contributed by atoms with van der Waals surface area (Å²) in [5.41, 5.74) is 1.22. The lowest BCUT2D eigenvalue weighted by Crippen LogP contribution is -2.39. The second kappa shape index (κ2) is 9.20. The molecule has 2 atom stereocenters. The number of aliphatic hydroxyl groups excluding tert-OH is 1. The Bertz CT molecular complexity index is 605. The summed E-state index contributed by atoms with van der Waals surface area (Å²) in [6.07, 6.45) is 5.60. The van der Waals surface area contributed by atoms with Gasteiger partial charge < -0.3 is 23.6 Å². The summed E-state index contributed by atoms with van der Waals surface area (Å²) in [4.78, 5) is 2.26. The van der Waals surface area contributed by atoms with Crippen molar-refractivity contribution in [2.24, 2.45) is 7.05 Å². The van der Waals surface area contributed by atoms with E-state index in [4.69, 9.17) is 13.9 Å². The molecule has 3 heterocycles. The van der Waals surface area contributed by atoms with Gasteiger partial charge in [0.05, 0.1) is 25.1 Å². The molecular weight excluding hydrogens is 320 g/mol. The lowest BCUT2D eigenvalue weighted by Gasteiger charge is -2.27. The molecule has 0 radical (unpaired) electrons. The van der Waals surface area contributed by atoms with Crippen LogP contribution in [0.25, 0.3) is 0 Å². The third-order valence-corrected chi connectivity index (χ3v) is 4.53. The van der Waals surface area contributed by atoms with Gasteiger partial charge in [-0.1, -0.05) is 0 Å². The maximum atomic E-state index is 10.4. The zero-order chi connectivity index (χ0) is 17.5. The summed E-state index contributed by atoms with van der Waals surface area (Å²) in [5.74, 6) is 0.771. The molecule has 0 amide bonds. The lowest BCUT2D eigenvalue weighted by molar-refractivity contribution is -0.00673. The van der Waals surface area contributed by atoms with Crippen molar-refractivity contribution >= 4 is 0 Å². The van der Waals surface area contributed by atoms with Crippen molar-refractivity contribution in [2.75, 3.05) is 26.3 Å². The molecule has 0 bridgehead atoms. The molecule has 1 fully saturated rings. The van der Waals surface area contributed by atoms with E-state index < -0.39 is 6.10 Å². The SMILES string of the molecule is Cn1cccc1CN(CC(O)COCc1ccco1)CC1CCCO1. The largest absolute Gasteiger partial charge is 0.467 e. The van der Waals surface area contributed by atoms with E-state index in [1.54, 1.807) is 6.26 Å². The standard InChI is InChI=1S/C19H28N2O4/c1-20-8-2-5-16(20)11-21(13-18-6-3-9-24-18)12-17(22)14-23-15-19-7-4-10-25-19/h2,4-5,7-8,10,17-18,22H,3,6,9,11-15H2,1H3. The first kappa shape index (κ1) is 18.2. The average molecular weight is 348 g/mol. The van der Waals surface area contributed by atoms with Crippen LogP contribution in [-0.4, -0.2) is 53.1 Å². The van der Waals surface area contributed by atoms with Crippen molar-refractivity contribution in [3.05, 3.63) is 48.2 Å². The predicted octanol–water partition coefficient (Wildman–Crippen LogP) is 2.18. The quantitative estimate of drug-likeness (QED) is 0.713. The van der Waals surface area contributed by atoms with Gasteiger partial charge in [0.25, 0.3) is 0 Å². The second-order valence-electron chi connectivity index (χ2n) is 6.69. The van der Waals surface area contributed by atoms with Crippen molar-refractivity contribution in [3.63, 3.8) is 0 Å². The molecular formula is C19H28N2O4. The molecule has 0 saturated carbocycles. The van der Waals surface area contributed by atoms with Crippen LogP contribution in [0.3, 0.4) is 0 Å². The van der Waals surface area contributed by atoms with E-state index in [2.05, 4.69) is 15.5 Å². The Labute approximate surface area is 148 Å². The highest BCUT2D eigenvalue weighted by Crippen LogP contribution is 2.16. The van der Waals surface area contributed by atoms with Crippen LogP contribution in [0.5, 0.6) is 0 Å². The third kappa shape index (κ3) is 5.71. The molecule has 2 aromatic rings. The minimum atomic E-state index is -0.545. The van der Waals surface area contributed by atoms with E-state index in [0.717, 1.165) is 38.3 Å². The van der Waals surface area contributed by atoms with Gasteiger partial charge in [0.15, 0.2) is 0 Å². The van der Waals surface area contributed by atoms with Gasteiger partial charge in [0, 0.05) is 45.2 Å². The Morgan fingerprint density at radius 1 is 1.40 bits per heavy atom. The molecule has 1 aliphatic rings. The Morgan fingerprint density at radius 3 is 3.00 bits per heavy atom. The van der Waals surface area contributed by atoms with Crippen molar-refractivity contribution in [1.29, 1.82) is 0 Å². The van der Waals surface area contributed by atoms with E-state index in [9.17, 15) is 5.11 Å². The maximum absolute atomic E-state index is 10.4. The van der Waals surface area contributed by atoms with Crippen LogP contribution in [0.4, 0.5) is 0 Å². The third-order valence-electron chi connectivity index (χ3n) is 4.53. The number of rotatable bonds is 10. The number of nitrogens with zero attached hydrogens (tertiary/aromatic N) is 2. The highest BCUT2D eigenvalue weighted by atomic mass is 16.5. The van der Waals surface area contributed by atoms with Crippen LogP contribution >= 0.6 is 0 Å². The topological polar surface area (TPSA) is 60.0 Å². The van der Waals surface area contributed by atoms with Gasteiger partial charge >= 0.3 is 0 Å². The van der Waals surface area contributed by atoms with E-state index >= 15 is 0 Å². The number of hydrogen-bond donors (Lipinski definition) is 1. The number of aromatic nitrogens is 1. The number of hydrogen-bond acceptors (Lipinski definition) is 5. The van der Waals surface area contributed by atoms with E-state index in [0.29, 0.717) is 13.2 Å².